The summed E-state index contributed by atoms with van der Waals surface area (Å²) in [6, 6.07) is 4.60. The summed E-state index contributed by atoms with van der Waals surface area (Å²) in [5.74, 6) is 0. The minimum Gasteiger partial charge on any atom is -0.278 e. The Kier molecular flexibility index (Phi) is 3.46. The SMILES string of the molecule is CC(C)(C)CCc1cc(C(C)(C)C)cc2[nH]ncc12. The molecule has 1 aromatic carbocycles. The van der Waals surface area contributed by atoms with Crippen LogP contribution in [0.3, 0.4) is 0 Å². The first kappa shape index (κ1) is 14.1. The lowest BCUT2D eigenvalue weighted by Gasteiger charge is -2.22. The van der Waals surface area contributed by atoms with E-state index in [1.165, 1.54) is 22.9 Å². The van der Waals surface area contributed by atoms with Gasteiger partial charge in [-0.2, -0.15) is 5.10 Å². The molecular weight excluding hydrogens is 232 g/mol. The number of H-pyrrole nitrogens is 1. The summed E-state index contributed by atoms with van der Waals surface area (Å²) in [6.07, 6.45) is 4.27. The van der Waals surface area contributed by atoms with E-state index in [2.05, 4.69) is 63.9 Å². The van der Waals surface area contributed by atoms with E-state index < -0.39 is 0 Å². The van der Waals surface area contributed by atoms with Gasteiger partial charge in [0, 0.05) is 5.39 Å². The van der Waals surface area contributed by atoms with Crippen LogP contribution in [0, 0.1) is 5.41 Å². The average Bonchev–Trinajstić information content (AvgIpc) is 2.71. The van der Waals surface area contributed by atoms with Crippen LogP contribution in [0.4, 0.5) is 0 Å². The highest BCUT2D eigenvalue weighted by atomic mass is 15.1. The maximum absolute atomic E-state index is 4.20. The van der Waals surface area contributed by atoms with Crippen LogP contribution in [0.15, 0.2) is 18.3 Å². The van der Waals surface area contributed by atoms with E-state index in [1.807, 2.05) is 6.20 Å². The summed E-state index contributed by atoms with van der Waals surface area (Å²) < 4.78 is 0. The van der Waals surface area contributed by atoms with Crippen LogP contribution < -0.4 is 0 Å². The third kappa shape index (κ3) is 3.37. The van der Waals surface area contributed by atoms with Gasteiger partial charge in [0.2, 0.25) is 0 Å². The van der Waals surface area contributed by atoms with E-state index in [4.69, 9.17) is 0 Å². The fraction of sp³-hybridized carbons (Fsp3) is 0.588. The minimum atomic E-state index is 0.176. The highest BCUT2D eigenvalue weighted by molar-refractivity contribution is 5.82. The zero-order valence-corrected chi connectivity index (χ0v) is 13.1. The number of aromatic nitrogens is 2. The summed E-state index contributed by atoms with van der Waals surface area (Å²) >= 11 is 0. The molecule has 0 spiro atoms. The average molecular weight is 258 g/mol. The van der Waals surface area contributed by atoms with Crippen molar-refractivity contribution in [3.8, 4) is 0 Å². The predicted molar refractivity (Wildman–Crippen MR) is 82.6 cm³/mol. The van der Waals surface area contributed by atoms with E-state index in [0.29, 0.717) is 5.41 Å². The molecule has 2 rings (SSSR count). The lowest BCUT2D eigenvalue weighted by Crippen LogP contribution is -2.12. The molecule has 0 unspecified atom stereocenters. The molecule has 2 nitrogen and oxygen atoms in total. The van der Waals surface area contributed by atoms with Gasteiger partial charge >= 0.3 is 0 Å². The van der Waals surface area contributed by atoms with Gasteiger partial charge in [-0.05, 0) is 40.9 Å². The monoisotopic (exact) mass is 258 g/mol. The van der Waals surface area contributed by atoms with Gasteiger partial charge in [-0.3, -0.25) is 5.10 Å². The molecule has 0 aliphatic heterocycles. The van der Waals surface area contributed by atoms with Gasteiger partial charge in [-0.1, -0.05) is 47.6 Å². The van der Waals surface area contributed by atoms with Crippen LogP contribution in [0.5, 0.6) is 0 Å². The number of fused-ring (bicyclic) bond motifs is 1. The van der Waals surface area contributed by atoms with Crippen molar-refractivity contribution in [2.45, 2.75) is 59.8 Å². The van der Waals surface area contributed by atoms with Crippen LogP contribution in [0.1, 0.15) is 59.1 Å². The number of nitrogens with zero attached hydrogens (tertiary/aromatic N) is 1. The molecule has 1 aromatic heterocycles. The molecule has 1 heterocycles. The number of hydrogen-bond donors (Lipinski definition) is 1. The van der Waals surface area contributed by atoms with E-state index in [-0.39, 0.29) is 5.41 Å². The number of aryl methyl sites for hydroxylation is 1. The summed E-state index contributed by atoms with van der Waals surface area (Å²) in [5, 5.41) is 8.60. The standard InChI is InChI=1S/C17H26N2/c1-16(2,3)8-7-12-9-13(17(4,5)6)10-15-14(12)11-18-19-15/h9-11H,7-8H2,1-6H3,(H,18,19). The topological polar surface area (TPSA) is 28.7 Å². The molecule has 2 aromatic rings. The Hall–Kier alpha value is -1.31. The van der Waals surface area contributed by atoms with E-state index >= 15 is 0 Å². The third-order valence-electron chi connectivity index (χ3n) is 3.65. The quantitative estimate of drug-likeness (QED) is 0.820. The third-order valence-corrected chi connectivity index (χ3v) is 3.65. The Bertz CT molecular complexity index is 565. The molecule has 19 heavy (non-hydrogen) atoms. The van der Waals surface area contributed by atoms with Crippen molar-refractivity contribution in [1.29, 1.82) is 0 Å². The van der Waals surface area contributed by atoms with Crippen LogP contribution >= 0.6 is 0 Å². The van der Waals surface area contributed by atoms with Crippen molar-refractivity contribution >= 4 is 10.9 Å². The smallest absolute Gasteiger partial charge is 0.0656 e. The summed E-state index contributed by atoms with van der Waals surface area (Å²) in [4.78, 5) is 0. The maximum atomic E-state index is 4.20. The van der Waals surface area contributed by atoms with Crippen molar-refractivity contribution in [3.63, 3.8) is 0 Å². The second kappa shape index (κ2) is 4.66. The highest BCUT2D eigenvalue weighted by Gasteiger charge is 2.18. The Morgan fingerprint density at radius 1 is 1.05 bits per heavy atom. The largest absolute Gasteiger partial charge is 0.278 e. The number of hydrogen-bond acceptors (Lipinski definition) is 1. The first-order valence-electron chi connectivity index (χ1n) is 7.13. The van der Waals surface area contributed by atoms with Crippen LogP contribution in [0.2, 0.25) is 0 Å². The molecule has 104 valence electrons. The van der Waals surface area contributed by atoms with Gasteiger partial charge in [-0.15, -0.1) is 0 Å². The van der Waals surface area contributed by atoms with Gasteiger partial charge in [0.15, 0.2) is 0 Å². The maximum Gasteiger partial charge on any atom is 0.0656 e. The number of benzene rings is 1. The Balaban J connectivity index is 2.43. The second-order valence-electron chi connectivity index (χ2n) is 7.78. The molecule has 0 atom stereocenters. The van der Waals surface area contributed by atoms with Crippen molar-refractivity contribution in [1.82, 2.24) is 10.2 Å². The molecule has 0 amide bonds. The predicted octanol–water partition coefficient (Wildman–Crippen LogP) is 4.84. The van der Waals surface area contributed by atoms with Crippen molar-refractivity contribution < 1.29 is 0 Å². The lowest BCUT2D eigenvalue weighted by molar-refractivity contribution is 0.378. The molecule has 0 radical (unpaired) electrons. The molecule has 2 heteroatoms. The van der Waals surface area contributed by atoms with E-state index in [1.54, 1.807) is 0 Å². The van der Waals surface area contributed by atoms with Crippen LogP contribution in [-0.2, 0) is 11.8 Å². The van der Waals surface area contributed by atoms with Crippen molar-refractivity contribution in [3.05, 3.63) is 29.5 Å². The van der Waals surface area contributed by atoms with Crippen LogP contribution in [-0.4, -0.2) is 10.2 Å². The number of aromatic amines is 1. The van der Waals surface area contributed by atoms with Gasteiger partial charge in [0.25, 0.3) is 0 Å². The van der Waals surface area contributed by atoms with Gasteiger partial charge in [-0.25, -0.2) is 0 Å². The van der Waals surface area contributed by atoms with Gasteiger partial charge in [0.1, 0.15) is 0 Å². The first-order chi connectivity index (χ1) is 8.67. The molecule has 0 fully saturated rings. The van der Waals surface area contributed by atoms with E-state index in [9.17, 15) is 0 Å². The van der Waals surface area contributed by atoms with Crippen molar-refractivity contribution in [2.75, 3.05) is 0 Å². The van der Waals surface area contributed by atoms with Gasteiger partial charge < -0.3 is 0 Å². The molecule has 0 aliphatic rings. The lowest BCUT2D eigenvalue weighted by atomic mass is 9.83. The fourth-order valence-electron chi connectivity index (χ4n) is 2.27. The summed E-state index contributed by atoms with van der Waals surface area (Å²) in [5.41, 5.74) is 4.51. The van der Waals surface area contributed by atoms with E-state index in [0.717, 1.165) is 11.9 Å². The highest BCUT2D eigenvalue weighted by Crippen LogP contribution is 2.30. The zero-order chi connectivity index (χ0) is 14.3. The number of rotatable bonds is 2. The molecular formula is C17H26N2. The Labute approximate surface area is 116 Å². The fourth-order valence-corrected chi connectivity index (χ4v) is 2.27. The first-order valence-corrected chi connectivity index (χ1v) is 7.13. The molecule has 1 N–H and O–H groups in total. The molecule has 0 saturated heterocycles. The zero-order valence-electron chi connectivity index (χ0n) is 13.1. The molecule has 0 saturated carbocycles. The molecule has 0 bridgehead atoms. The van der Waals surface area contributed by atoms with Crippen LogP contribution in [0.25, 0.3) is 10.9 Å². The Morgan fingerprint density at radius 3 is 2.32 bits per heavy atom. The summed E-state index contributed by atoms with van der Waals surface area (Å²) in [7, 11) is 0. The normalized spacial score (nSPS) is 13.2. The summed E-state index contributed by atoms with van der Waals surface area (Å²) in [6.45, 7) is 13.7. The van der Waals surface area contributed by atoms with Crippen molar-refractivity contribution in [2.24, 2.45) is 5.41 Å². The minimum absolute atomic E-state index is 0.176. The second-order valence-corrected chi connectivity index (χ2v) is 7.78. The Morgan fingerprint density at radius 2 is 1.74 bits per heavy atom. The number of nitrogens with one attached hydrogen (secondary N) is 1. The van der Waals surface area contributed by atoms with Gasteiger partial charge in [0.05, 0.1) is 11.7 Å². The molecule has 0 aliphatic carbocycles.